The normalized spacial score (nSPS) is 10.9. The molecule has 0 aliphatic heterocycles. The Hall–Kier alpha value is -2.98. The van der Waals surface area contributed by atoms with Crippen LogP contribution in [0.3, 0.4) is 0 Å². The Morgan fingerprint density at radius 2 is 1.88 bits per heavy atom. The molecule has 3 aromatic rings. The first-order chi connectivity index (χ1) is 15.9. The average molecular weight is 546 g/mol. The number of hydrogen-bond donors (Lipinski definition) is 1. The topological polar surface area (TPSA) is 71.3 Å². The van der Waals surface area contributed by atoms with Crippen LogP contribution in [0.2, 0.25) is 10.0 Å². The first-order valence-corrected chi connectivity index (χ1v) is 11.5. The molecule has 0 saturated heterocycles. The van der Waals surface area contributed by atoms with E-state index in [1.54, 1.807) is 24.3 Å². The summed E-state index contributed by atoms with van der Waals surface area (Å²) in [7, 11) is 0. The fourth-order valence-electron chi connectivity index (χ4n) is 2.90. The maximum atomic E-state index is 12.7. The number of nitrogens with one attached hydrogen (secondary N) is 1. The van der Waals surface area contributed by atoms with Crippen LogP contribution in [0.25, 0.3) is 6.08 Å². The second kappa shape index (κ2) is 11.8. The van der Waals surface area contributed by atoms with E-state index in [4.69, 9.17) is 32.7 Å². The van der Waals surface area contributed by atoms with Crippen molar-refractivity contribution >= 4 is 56.8 Å². The van der Waals surface area contributed by atoms with Gasteiger partial charge in [-0.2, -0.15) is 5.26 Å². The Labute approximate surface area is 210 Å². The molecule has 1 amide bonds. The Kier molecular flexibility index (Phi) is 8.79. The van der Waals surface area contributed by atoms with Crippen LogP contribution in [0.4, 0.5) is 5.69 Å². The minimum atomic E-state index is -0.611. The second-order valence-electron chi connectivity index (χ2n) is 6.79. The first kappa shape index (κ1) is 24.7. The van der Waals surface area contributed by atoms with Gasteiger partial charge >= 0.3 is 0 Å². The van der Waals surface area contributed by atoms with Gasteiger partial charge in [0.2, 0.25) is 0 Å². The summed E-state index contributed by atoms with van der Waals surface area (Å²) in [6.07, 6.45) is 1.46. The van der Waals surface area contributed by atoms with Crippen LogP contribution in [0, 0.1) is 11.3 Å². The van der Waals surface area contributed by atoms with E-state index in [0.717, 1.165) is 5.56 Å². The van der Waals surface area contributed by atoms with Crippen molar-refractivity contribution in [1.82, 2.24) is 0 Å². The highest BCUT2D eigenvalue weighted by atomic mass is 79.9. The molecule has 0 bridgehead atoms. The number of amides is 1. The first-order valence-electron chi connectivity index (χ1n) is 9.92. The lowest BCUT2D eigenvalue weighted by atomic mass is 10.1. The summed E-state index contributed by atoms with van der Waals surface area (Å²) in [5, 5.41) is 12.9. The lowest BCUT2D eigenvalue weighted by molar-refractivity contribution is -0.112. The number of nitriles is 1. The molecular weight excluding hydrogens is 527 g/mol. The zero-order valence-electron chi connectivity index (χ0n) is 17.6. The van der Waals surface area contributed by atoms with Crippen molar-refractivity contribution in [1.29, 1.82) is 5.26 Å². The minimum Gasteiger partial charge on any atom is -0.490 e. The van der Waals surface area contributed by atoms with Gasteiger partial charge in [-0.25, -0.2) is 0 Å². The minimum absolute atomic E-state index is 0.113. The van der Waals surface area contributed by atoms with E-state index >= 15 is 0 Å². The van der Waals surface area contributed by atoms with Gasteiger partial charge < -0.3 is 14.8 Å². The quantitative estimate of drug-likeness (QED) is 0.238. The zero-order chi connectivity index (χ0) is 23.8. The Morgan fingerprint density at radius 3 is 2.58 bits per heavy atom. The third-order valence-corrected chi connectivity index (χ3v) is 5.56. The smallest absolute Gasteiger partial charge is 0.266 e. The molecule has 1 N–H and O–H groups in total. The molecule has 8 heteroatoms. The van der Waals surface area contributed by atoms with E-state index in [-0.39, 0.29) is 5.57 Å². The number of carbonyl (C=O) groups is 1. The van der Waals surface area contributed by atoms with Crippen LogP contribution in [0.1, 0.15) is 18.1 Å². The highest BCUT2D eigenvalue weighted by molar-refractivity contribution is 9.10. The van der Waals surface area contributed by atoms with Gasteiger partial charge in [-0.15, -0.1) is 0 Å². The van der Waals surface area contributed by atoms with Crippen molar-refractivity contribution in [2.45, 2.75) is 13.5 Å². The number of ether oxygens (including phenoxy) is 2. The van der Waals surface area contributed by atoms with Gasteiger partial charge in [0.05, 0.1) is 21.8 Å². The van der Waals surface area contributed by atoms with E-state index < -0.39 is 5.91 Å². The van der Waals surface area contributed by atoms with Crippen LogP contribution in [0.15, 0.2) is 70.7 Å². The monoisotopic (exact) mass is 544 g/mol. The Morgan fingerprint density at radius 1 is 1.12 bits per heavy atom. The van der Waals surface area contributed by atoms with Crippen molar-refractivity contribution in [2.24, 2.45) is 0 Å². The third-order valence-electron chi connectivity index (χ3n) is 4.41. The largest absolute Gasteiger partial charge is 0.490 e. The molecule has 5 nitrogen and oxygen atoms in total. The van der Waals surface area contributed by atoms with Crippen LogP contribution in [-0.2, 0) is 11.4 Å². The molecule has 33 heavy (non-hydrogen) atoms. The Balaban J connectivity index is 1.86. The van der Waals surface area contributed by atoms with Gasteiger partial charge in [0.15, 0.2) is 11.5 Å². The lowest BCUT2D eigenvalue weighted by Gasteiger charge is -2.15. The van der Waals surface area contributed by atoms with E-state index in [0.29, 0.717) is 50.5 Å². The molecular formula is C25H19BrCl2N2O3. The number of hydrogen-bond acceptors (Lipinski definition) is 4. The zero-order valence-corrected chi connectivity index (χ0v) is 20.7. The molecule has 3 rings (SSSR count). The summed E-state index contributed by atoms with van der Waals surface area (Å²) >= 11 is 15.6. The third kappa shape index (κ3) is 6.75. The molecule has 0 radical (unpaired) electrons. The van der Waals surface area contributed by atoms with Crippen molar-refractivity contribution in [3.8, 4) is 17.6 Å². The number of halogens is 3. The van der Waals surface area contributed by atoms with Gasteiger partial charge in [-0.1, -0.05) is 53.5 Å². The predicted molar refractivity (Wildman–Crippen MR) is 135 cm³/mol. The average Bonchev–Trinajstić information content (AvgIpc) is 2.80. The standard InChI is InChI=1S/C25H19BrCl2N2O3/c1-2-32-23-12-17(11-20(26)24(23)33-15-16-6-4-3-5-7-16)10-18(14-29)25(31)30-22-13-19(27)8-9-21(22)28/h3-13H,2,15H2,1H3,(H,30,31)/b18-10-. The molecule has 168 valence electrons. The van der Waals surface area contributed by atoms with Crippen LogP contribution in [0.5, 0.6) is 11.5 Å². The maximum Gasteiger partial charge on any atom is 0.266 e. The van der Waals surface area contributed by atoms with Gasteiger partial charge in [0, 0.05) is 5.02 Å². The van der Waals surface area contributed by atoms with Crippen LogP contribution in [-0.4, -0.2) is 12.5 Å². The molecule has 0 aromatic heterocycles. The predicted octanol–water partition coefficient (Wildman–Crippen LogP) is 7.28. The molecule has 0 heterocycles. The van der Waals surface area contributed by atoms with E-state index in [1.807, 2.05) is 43.3 Å². The fraction of sp³-hybridized carbons (Fsp3) is 0.120. The van der Waals surface area contributed by atoms with Crippen LogP contribution >= 0.6 is 39.1 Å². The number of anilines is 1. The van der Waals surface area contributed by atoms with Crippen molar-refractivity contribution in [3.63, 3.8) is 0 Å². The SMILES string of the molecule is CCOc1cc(/C=C(/C#N)C(=O)Nc2cc(Cl)ccc2Cl)cc(Br)c1OCc1ccccc1. The summed E-state index contributed by atoms with van der Waals surface area (Å²) in [4.78, 5) is 12.7. The molecule has 0 atom stereocenters. The molecule has 0 unspecified atom stereocenters. The van der Waals surface area contributed by atoms with Crippen LogP contribution < -0.4 is 14.8 Å². The van der Waals surface area contributed by atoms with Gasteiger partial charge in [-0.05, 0) is 70.4 Å². The van der Waals surface area contributed by atoms with E-state index in [2.05, 4.69) is 21.2 Å². The molecule has 3 aromatic carbocycles. The Bertz CT molecular complexity index is 1220. The van der Waals surface area contributed by atoms with E-state index in [1.165, 1.54) is 12.1 Å². The lowest BCUT2D eigenvalue weighted by Crippen LogP contribution is -2.13. The van der Waals surface area contributed by atoms with Gasteiger partial charge in [0.1, 0.15) is 18.2 Å². The maximum absolute atomic E-state index is 12.7. The summed E-state index contributed by atoms with van der Waals surface area (Å²) in [5.74, 6) is 0.413. The molecule has 0 fully saturated rings. The number of nitrogens with zero attached hydrogens (tertiary/aromatic N) is 1. The fourth-order valence-corrected chi connectivity index (χ4v) is 3.81. The van der Waals surface area contributed by atoms with Crippen molar-refractivity contribution in [2.75, 3.05) is 11.9 Å². The highest BCUT2D eigenvalue weighted by Crippen LogP contribution is 2.38. The highest BCUT2D eigenvalue weighted by Gasteiger charge is 2.15. The summed E-state index contributed by atoms with van der Waals surface area (Å²) in [6, 6.07) is 19.8. The number of carbonyl (C=O) groups excluding carboxylic acids is 1. The number of rotatable bonds is 8. The molecule has 0 spiro atoms. The van der Waals surface area contributed by atoms with E-state index in [9.17, 15) is 10.1 Å². The summed E-state index contributed by atoms with van der Waals surface area (Å²) < 4.78 is 12.4. The summed E-state index contributed by atoms with van der Waals surface area (Å²) in [5.41, 5.74) is 1.80. The summed E-state index contributed by atoms with van der Waals surface area (Å²) in [6.45, 7) is 2.64. The molecule has 0 saturated carbocycles. The van der Waals surface area contributed by atoms with Gasteiger partial charge in [-0.3, -0.25) is 4.79 Å². The number of benzene rings is 3. The van der Waals surface area contributed by atoms with Gasteiger partial charge in [0.25, 0.3) is 5.91 Å². The second-order valence-corrected chi connectivity index (χ2v) is 8.48. The van der Waals surface area contributed by atoms with Crippen molar-refractivity contribution < 1.29 is 14.3 Å². The molecule has 0 aliphatic carbocycles. The van der Waals surface area contributed by atoms with Crippen molar-refractivity contribution in [3.05, 3.63) is 91.9 Å². The molecule has 0 aliphatic rings.